The predicted octanol–water partition coefficient (Wildman–Crippen LogP) is 4.36. The summed E-state index contributed by atoms with van der Waals surface area (Å²) < 4.78 is 5.15. The number of benzene rings is 3. The average molecular weight is 372 g/mol. The molecule has 0 aromatic heterocycles. The quantitative estimate of drug-likeness (QED) is 0.384. The molecule has 140 valence electrons. The molecule has 2 amide bonds. The van der Waals surface area contributed by atoms with Crippen LogP contribution in [0.15, 0.2) is 90.5 Å². The van der Waals surface area contributed by atoms with Gasteiger partial charge in [-0.2, -0.15) is 0 Å². The summed E-state index contributed by atoms with van der Waals surface area (Å²) in [6, 6.07) is 25.1. The van der Waals surface area contributed by atoms with Crippen molar-refractivity contribution in [1.29, 1.82) is 0 Å². The highest BCUT2D eigenvalue weighted by Crippen LogP contribution is 2.17. The molecule has 3 rings (SSSR count). The lowest BCUT2D eigenvalue weighted by atomic mass is 10.1. The molecule has 5 heteroatoms. The predicted molar refractivity (Wildman–Crippen MR) is 111 cm³/mol. The summed E-state index contributed by atoms with van der Waals surface area (Å²) in [7, 11) is 1.58. The first-order valence-corrected chi connectivity index (χ1v) is 8.74. The summed E-state index contributed by atoms with van der Waals surface area (Å²) in [4.78, 5) is 25.6. The standard InChI is InChI=1S/C23H20N2O3/c1-28-20-14-12-17(13-15-20)16-21(22(26)24-18-8-4-2-5-9-18)23(27)25-19-10-6-3-7-11-19/h2-16H,1H3,(H,24,26)(H,25,27). The largest absolute Gasteiger partial charge is 0.497 e. The zero-order chi connectivity index (χ0) is 19.8. The number of ether oxygens (including phenoxy) is 1. The molecule has 0 spiro atoms. The van der Waals surface area contributed by atoms with Gasteiger partial charge in [0.15, 0.2) is 0 Å². The molecule has 3 aromatic carbocycles. The summed E-state index contributed by atoms with van der Waals surface area (Å²) in [5, 5.41) is 5.52. The van der Waals surface area contributed by atoms with Crippen molar-refractivity contribution in [2.45, 2.75) is 0 Å². The first-order valence-electron chi connectivity index (χ1n) is 8.74. The second-order valence-electron chi connectivity index (χ2n) is 5.97. The van der Waals surface area contributed by atoms with E-state index < -0.39 is 11.8 Å². The minimum Gasteiger partial charge on any atom is -0.497 e. The highest BCUT2D eigenvalue weighted by atomic mass is 16.5. The van der Waals surface area contributed by atoms with E-state index in [0.29, 0.717) is 22.7 Å². The Morgan fingerprint density at radius 2 is 1.18 bits per heavy atom. The number of amides is 2. The van der Waals surface area contributed by atoms with Crippen LogP contribution in [0, 0.1) is 0 Å². The minimum absolute atomic E-state index is 0.00197. The zero-order valence-corrected chi connectivity index (χ0v) is 15.4. The fourth-order valence-electron chi connectivity index (χ4n) is 2.54. The van der Waals surface area contributed by atoms with Crippen LogP contribution in [0.3, 0.4) is 0 Å². The number of anilines is 2. The van der Waals surface area contributed by atoms with Gasteiger partial charge < -0.3 is 15.4 Å². The molecule has 0 saturated heterocycles. The van der Waals surface area contributed by atoms with Gasteiger partial charge in [-0.25, -0.2) is 0 Å². The van der Waals surface area contributed by atoms with Gasteiger partial charge in [0, 0.05) is 11.4 Å². The van der Waals surface area contributed by atoms with E-state index in [1.54, 1.807) is 61.7 Å². The van der Waals surface area contributed by atoms with Crippen LogP contribution in [-0.4, -0.2) is 18.9 Å². The van der Waals surface area contributed by atoms with Crippen molar-refractivity contribution < 1.29 is 14.3 Å². The summed E-state index contributed by atoms with van der Waals surface area (Å²) in [6.07, 6.45) is 1.55. The SMILES string of the molecule is COc1ccc(C=C(C(=O)Nc2ccccc2)C(=O)Nc2ccccc2)cc1. The van der Waals surface area contributed by atoms with E-state index in [9.17, 15) is 9.59 Å². The molecule has 0 aliphatic rings. The normalized spacial score (nSPS) is 9.89. The maximum Gasteiger partial charge on any atom is 0.261 e. The second kappa shape index (κ2) is 9.19. The molecule has 0 atom stereocenters. The van der Waals surface area contributed by atoms with Crippen molar-refractivity contribution in [2.24, 2.45) is 0 Å². The van der Waals surface area contributed by atoms with Gasteiger partial charge in [0.2, 0.25) is 0 Å². The molecule has 5 nitrogen and oxygen atoms in total. The number of methoxy groups -OCH3 is 1. The van der Waals surface area contributed by atoms with Crippen molar-refractivity contribution in [1.82, 2.24) is 0 Å². The molecule has 0 unspecified atom stereocenters. The summed E-state index contributed by atoms with van der Waals surface area (Å²) >= 11 is 0. The van der Waals surface area contributed by atoms with Gasteiger partial charge in [-0.3, -0.25) is 9.59 Å². The van der Waals surface area contributed by atoms with Crippen LogP contribution >= 0.6 is 0 Å². The summed E-state index contributed by atoms with van der Waals surface area (Å²) in [6.45, 7) is 0. The molecule has 2 N–H and O–H groups in total. The first kappa shape index (κ1) is 18.9. The van der Waals surface area contributed by atoms with Crippen LogP contribution in [0.25, 0.3) is 6.08 Å². The molecule has 0 heterocycles. The zero-order valence-electron chi connectivity index (χ0n) is 15.4. The molecule has 3 aromatic rings. The van der Waals surface area contributed by atoms with Gasteiger partial charge >= 0.3 is 0 Å². The number of rotatable bonds is 6. The molecular formula is C23H20N2O3. The van der Waals surface area contributed by atoms with E-state index >= 15 is 0 Å². The van der Waals surface area contributed by atoms with Gasteiger partial charge in [0.05, 0.1) is 7.11 Å². The van der Waals surface area contributed by atoms with Crippen molar-refractivity contribution in [2.75, 3.05) is 17.7 Å². The average Bonchev–Trinajstić information content (AvgIpc) is 2.73. The molecule has 0 radical (unpaired) electrons. The van der Waals surface area contributed by atoms with E-state index in [1.807, 2.05) is 36.4 Å². The maximum absolute atomic E-state index is 12.8. The molecule has 0 saturated carbocycles. The second-order valence-corrected chi connectivity index (χ2v) is 5.97. The fourth-order valence-corrected chi connectivity index (χ4v) is 2.54. The Balaban J connectivity index is 1.88. The minimum atomic E-state index is -0.490. The Bertz CT molecular complexity index is 910. The smallest absolute Gasteiger partial charge is 0.261 e. The van der Waals surface area contributed by atoms with Crippen LogP contribution in [0.2, 0.25) is 0 Å². The topological polar surface area (TPSA) is 67.4 Å². The van der Waals surface area contributed by atoms with Gasteiger partial charge in [0.1, 0.15) is 11.3 Å². The van der Waals surface area contributed by atoms with E-state index in [1.165, 1.54) is 0 Å². The monoisotopic (exact) mass is 372 g/mol. The number of nitrogens with one attached hydrogen (secondary N) is 2. The molecular weight excluding hydrogens is 352 g/mol. The number of carbonyl (C=O) groups is 2. The van der Waals surface area contributed by atoms with E-state index in [0.717, 1.165) is 0 Å². The van der Waals surface area contributed by atoms with Crippen LogP contribution in [0.1, 0.15) is 5.56 Å². The van der Waals surface area contributed by atoms with Crippen molar-refractivity contribution in [3.05, 3.63) is 96.1 Å². The number of para-hydroxylation sites is 2. The third-order valence-electron chi connectivity index (χ3n) is 3.98. The Morgan fingerprint density at radius 1 is 0.714 bits per heavy atom. The number of carbonyl (C=O) groups excluding carboxylic acids is 2. The highest BCUT2D eigenvalue weighted by Gasteiger charge is 2.19. The van der Waals surface area contributed by atoms with Gasteiger partial charge in [0.25, 0.3) is 11.8 Å². The lowest BCUT2D eigenvalue weighted by Crippen LogP contribution is -2.25. The van der Waals surface area contributed by atoms with Gasteiger partial charge in [-0.05, 0) is 48.0 Å². The third kappa shape index (κ3) is 5.08. The van der Waals surface area contributed by atoms with Crippen molar-refractivity contribution >= 4 is 29.3 Å². The molecule has 0 fully saturated rings. The Kier molecular flexibility index (Phi) is 6.21. The molecule has 0 bridgehead atoms. The lowest BCUT2D eigenvalue weighted by molar-refractivity contribution is -0.118. The Morgan fingerprint density at radius 3 is 1.61 bits per heavy atom. The molecule has 0 aliphatic carbocycles. The third-order valence-corrected chi connectivity index (χ3v) is 3.98. The summed E-state index contributed by atoms with van der Waals surface area (Å²) in [5.41, 5.74) is 1.93. The van der Waals surface area contributed by atoms with E-state index in [4.69, 9.17) is 4.74 Å². The van der Waals surface area contributed by atoms with Gasteiger partial charge in [-0.15, -0.1) is 0 Å². The van der Waals surface area contributed by atoms with E-state index in [2.05, 4.69) is 10.6 Å². The van der Waals surface area contributed by atoms with Crippen molar-refractivity contribution in [3.63, 3.8) is 0 Å². The van der Waals surface area contributed by atoms with Gasteiger partial charge in [-0.1, -0.05) is 48.5 Å². The highest BCUT2D eigenvalue weighted by molar-refractivity contribution is 6.28. The number of hydrogen-bond acceptors (Lipinski definition) is 3. The Hall–Kier alpha value is -3.86. The Labute approximate surface area is 163 Å². The maximum atomic E-state index is 12.8. The van der Waals surface area contributed by atoms with Crippen LogP contribution in [0.4, 0.5) is 11.4 Å². The molecule has 28 heavy (non-hydrogen) atoms. The van der Waals surface area contributed by atoms with Crippen LogP contribution < -0.4 is 15.4 Å². The van der Waals surface area contributed by atoms with Crippen LogP contribution in [0.5, 0.6) is 5.75 Å². The van der Waals surface area contributed by atoms with Crippen molar-refractivity contribution in [3.8, 4) is 5.75 Å². The fraction of sp³-hybridized carbons (Fsp3) is 0.0435. The lowest BCUT2D eigenvalue weighted by Gasteiger charge is -2.10. The first-order chi connectivity index (χ1) is 13.7. The van der Waals surface area contributed by atoms with Crippen LogP contribution in [-0.2, 0) is 9.59 Å². The molecule has 0 aliphatic heterocycles. The summed E-state index contributed by atoms with van der Waals surface area (Å²) in [5.74, 6) is -0.285. The van der Waals surface area contributed by atoms with E-state index in [-0.39, 0.29) is 5.57 Å². The number of hydrogen-bond donors (Lipinski definition) is 2.